The number of ether oxygens (including phenoxy) is 1. The topological polar surface area (TPSA) is 73.1 Å². The lowest BCUT2D eigenvalue weighted by Gasteiger charge is -2.21. The lowest BCUT2D eigenvalue weighted by molar-refractivity contribution is 0.340. The molecule has 6 nitrogen and oxygen atoms in total. The van der Waals surface area contributed by atoms with Crippen LogP contribution in [0.3, 0.4) is 0 Å². The minimum Gasteiger partial charge on any atom is -0.459 e. The molecule has 0 saturated heterocycles. The molecule has 0 bridgehead atoms. The predicted octanol–water partition coefficient (Wildman–Crippen LogP) is 15.0. The van der Waals surface area contributed by atoms with Crippen molar-refractivity contribution < 1.29 is 9.15 Å². The Morgan fingerprint density at radius 1 is 0.500 bits per heavy atom. The number of hydrogen-bond donors (Lipinski definition) is 1. The third-order valence-corrected chi connectivity index (χ3v) is 10.5. The Morgan fingerprint density at radius 2 is 1.03 bits per heavy atom. The van der Waals surface area contributed by atoms with Crippen LogP contribution in [0, 0.1) is 0 Å². The number of anilines is 2. The van der Waals surface area contributed by atoms with Gasteiger partial charge in [-0.3, -0.25) is 0 Å². The fourth-order valence-corrected chi connectivity index (χ4v) is 7.52. The van der Waals surface area contributed by atoms with Gasteiger partial charge in [0.1, 0.15) is 22.7 Å². The van der Waals surface area contributed by atoms with Crippen LogP contribution >= 0.6 is 0 Å². The van der Waals surface area contributed by atoms with E-state index in [2.05, 4.69) is 116 Å². The maximum atomic E-state index is 6.30. The summed E-state index contributed by atoms with van der Waals surface area (Å²) in [7, 11) is 0. The van der Waals surface area contributed by atoms with E-state index >= 15 is 0 Å². The molecule has 0 unspecified atom stereocenters. The summed E-state index contributed by atoms with van der Waals surface area (Å²) in [5.41, 5.74) is 11.6. The van der Waals surface area contributed by atoms with Gasteiger partial charge < -0.3 is 14.5 Å². The predicted molar refractivity (Wildman–Crippen MR) is 256 cm³/mol. The molecule has 2 aromatic heterocycles. The van der Waals surface area contributed by atoms with E-state index < -0.39 is 0 Å². The fourth-order valence-electron chi connectivity index (χ4n) is 7.52. The van der Waals surface area contributed by atoms with Crippen molar-refractivity contribution in [2.45, 2.75) is 6.92 Å². The number of nitrogens with one attached hydrogen (secondary N) is 1. The molecule has 0 aliphatic carbocycles. The van der Waals surface area contributed by atoms with E-state index in [4.69, 9.17) is 24.1 Å². The van der Waals surface area contributed by atoms with Crippen molar-refractivity contribution in [3.05, 3.63) is 231 Å². The fraction of sp³-hybridized carbons (Fsp3) is 0.0179. The first-order valence-electron chi connectivity index (χ1n) is 20.4. The molecule has 1 N–H and O–H groups in total. The van der Waals surface area contributed by atoms with Crippen LogP contribution < -0.4 is 5.32 Å². The SMILES string of the molecule is C=C(/C=C\C)OC(=C)/C=C\C(=C)c1ccccc1Nc1c(-c2ccccc2)cc(-c2nc(-c3ccccc3)nc(-c3ccc4c(c3)oc3ccccc34)n2)cc1-c1ccccc1. The van der Waals surface area contributed by atoms with Gasteiger partial charge in [-0.25, -0.2) is 15.0 Å². The van der Waals surface area contributed by atoms with E-state index in [9.17, 15) is 0 Å². The standard InChI is InChI=1S/C56H42N4O2/c1-5-19-38(3)61-39(4)31-30-37(2)45-26-15-17-28-50(45)57-53-48(40-20-9-6-10-21-40)34-44(35-49(53)41-22-11-7-12-23-41)56-59-54(42-24-13-8-14-25-42)58-55(60-56)43-32-33-47-46-27-16-18-29-51(46)62-52(47)36-43/h5-36,57H,2-4H2,1H3/b19-5-,31-30-. The Balaban J connectivity index is 1.21. The number of para-hydroxylation sites is 2. The molecule has 0 aliphatic rings. The summed E-state index contributed by atoms with van der Waals surface area (Å²) in [6.07, 6.45) is 7.36. The van der Waals surface area contributed by atoms with Crippen molar-refractivity contribution in [2.75, 3.05) is 5.32 Å². The van der Waals surface area contributed by atoms with Gasteiger partial charge >= 0.3 is 0 Å². The van der Waals surface area contributed by atoms with Crippen LogP contribution in [-0.4, -0.2) is 15.0 Å². The van der Waals surface area contributed by atoms with E-state index in [1.54, 1.807) is 12.2 Å². The van der Waals surface area contributed by atoms with Crippen molar-refractivity contribution in [2.24, 2.45) is 0 Å². The highest BCUT2D eigenvalue weighted by molar-refractivity contribution is 6.06. The van der Waals surface area contributed by atoms with Gasteiger partial charge in [0.05, 0.1) is 5.69 Å². The first kappa shape index (κ1) is 39.1. The van der Waals surface area contributed by atoms with Crippen molar-refractivity contribution in [3.63, 3.8) is 0 Å². The molecule has 6 heteroatoms. The number of furan rings is 1. The van der Waals surface area contributed by atoms with Crippen LogP contribution in [0.1, 0.15) is 12.5 Å². The monoisotopic (exact) mass is 802 g/mol. The van der Waals surface area contributed by atoms with E-state index in [-0.39, 0.29) is 0 Å². The van der Waals surface area contributed by atoms with E-state index in [0.717, 1.165) is 83.4 Å². The van der Waals surface area contributed by atoms with Gasteiger partial charge in [0.15, 0.2) is 17.5 Å². The molecule has 0 aliphatic heterocycles. The van der Waals surface area contributed by atoms with Gasteiger partial charge in [-0.05, 0) is 72.2 Å². The van der Waals surface area contributed by atoms with Crippen LogP contribution in [0.5, 0.6) is 0 Å². The number of fused-ring (bicyclic) bond motifs is 3. The normalized spacial score (nSPS) is 11.4. The molecule has 0 fully saturated rings. The first-order chi connectivity index (χ1) is 30.4. The lowest BCUT2D eigenvalue weighted by atomic mass is 9.92. The Bertz CT molecular complexity index is 3120. The number of nitrogens with zero attached hydrogens (tertiary/aromatic N) is 3. The van der Waals surface area contributed by atoms with Crippen molar-refractivity contribution >= 4 is 38.9 Å². The zero-order chi connectivity index (χ0) is 42.4. The molecule has 9 rings (SSSR count). The van der Waals surface area contributed by atoms with E-state index in [1.165, 1.54) is 0 Å². The number of allylic oxidation sites excluding steroid dienone is 5. The Labute approximate surface area is 361 Å². The summed E-state index contributed by atoms with van der Waals surface area (Å²) in [4.78, 5) is 15.4. The molecule has 0 atom stereocenters. The summed E-state index contributed by atoms with van der Waals surface area (Å²) in [6, 6.07) is 57.5. The Hall–Kier alpha value is -8.35. The molecular formula is C56H42N4O2. The van der Waals surface area contributed by atoms with Crippen LogP contribution in [-0.2, 0) is 4.74 Å². The summed E-state index contributed by atoms with van der Waals surface area (Å²) < 4.78 is 12.0. The zero-order valence-corrected chi connectivity index (χ0v) is 34.3. The number of rotatable bonds is 13. The molecule has 0 saturated carbocycles. The van der Waals surface area contributed by atoms with Crippen LogP contribution in [0.25, 0.3) is 83.9 Å². The molecule has 0 amide bonds. The molecule has 9 aromatic rings. The van der Waals surface area contributed by atoms with Gasteiger partial charge in [0.25, 0.3) is 0 Å². The number of aromatic nitrogens is 3. The van der Waals surface area contributed by atoms with E-state index in [1.807, 2.05) is 97.9 Å². The highest BCUT2D eigenvalue weighted by atomic mass is 16.5. The third-order valence-electron chi connectivity index (χ3n) is 10.5. The van der Waals surface area contributed by atoms with Gasteiger partial charge in [-0.15, -0.1) is 0 Å². The molecular weight excluding hydrogens is 761 g/mol. The van der Waals surface area contributed by atoms with Crippen LogP contribution in [0.2, 0.25) is 0 Å². The summed E-state index contributed by atoms with van der Waals surface area (Å²) in [6.45, 7) is 14.3. The average Bonchev–Trinajstić information content (AvgIpc) is 3.70. The Morgan fingerprint density at radius 3 is 1.69 bits per heavy atom. The van der Waals surface area contributed by atoms with Crippen LogP contribution in [0.15, 0.2) is 230 Å². The Kier molecular flexibility index (Phi) is 11.0. The second-order valence-electron chi connectivity index (χ2n) is 14.7. The first-order valence-corrected chi connectivity index (χ1v) is 20.4. The number of benzene rings is 7. The van der Waals surface area contributed by atoms with Gasteiger partial charge in [0.2, 0.25) is 0 Å². The maximum Gasteiger partial charge on any atom is 0.164 e. The third kappa shape index (κ3) is 8.26. The van der Waals surface area contributed by atoms with Gasteiger partial charge in [0, 0.05) is 49.8 Å². The summed E-state index contributed by atoms with van der Waals surface area (Å²) >= 11 is 0. The quantitative estimate of drug-likeness (QED) is 0.0924. The van der Waals surface area contributed by atoms with Crippen molar-refractivity contribution in [1.29, 1.82) is 0 Å². The molecule has 0 radical (unpaired) electrons. The van der Waals surface area contributed by atoms with E-state index in [0.29, 0.717) is 29.0 Å². The largest absolute Gasteiger partial charge is 0.459 e. The smallest absolute Gasteiger partial charge is 0.164 e. The highest BCUT2D eigenvalue weighted by Crippen LogP contribution is 2.43. The van der Waals surface area contributed by atoms with Gasteiger partial charge in [-0.2, -0.15) is 0 Å². The maximum absolute atomic E-state index is 6.30. The zero-order valence-electron chi connectivity index (χ0n) is 34.3. The minimum atomic E-state index is 0.458. The summed E-state index contributed by atoms with van der Waals surface area (Å²) in [5, 5.41) is 5.98. The van der Waals surface area contributed by atoms with Crippen molar-refractivity contribution in [3.8, 4) is 56.4 Å². The second-order valence-corrected chi connectivity index (χ2v) is 14.7. The average molecular weight is 803 g/mol. The van der Waals surface area contributed by atoms with Gasteiger partial charge in [-0.1, -0.05) is 165 Å². The molecule has 62 heavy (non-hydrogen) atoms. The second kappa shape index (κ2) is 17.5. The summed E-state index contributed by atoms with van der Waals surface area (Å²) in [5.74, 6) is 2.62. The van der Waals surface area contributed by atoms with Crippen LogP contribution in [0.4, 0.5) is 11.4 Å². The minimum absolute atomic E-state index is 0.458. The highest BCUT2D eigenvalue weighted by Gasteiger charge is 2.20. The molecule has 2 heterocycles. The molecule has 7 aromatic carbocycles. The molecule has 298 valence electrons. The lowest BCUT2D eigenvalue weighted by Crippen LogP contribution is -2.03. The number of hydrogen-bond acceptors (Lipinski definition) is 6. The molecule has 0 spiro atoms. The van der Waals surface area contributed by atoms with Crippen molar-refractivity contribution in [1.82, 2.24) is 15.0 Å².